The predicted octanol–water partition coefficient (Wildman–Crippen LogP) is 1.45. The third-order valence-corrected chi connectivity index (χ3v) is 3.43. The van der Waals surface area contributed by atoms with Crippen molar-refractivity contribution in [2.45, 2.75) is 12.5 Å². The molecule has 2 N–H and O–H groups in total. The fourth-order valence-corrected chi connectivity index (χ4v) is 1.63. The molecule has 0 saturated heterocycles. The van der Waals surface area contributed by atoms with Gasteiger partial charge in [0.25, 0.3) is 5.91 Å². The van der Waals surface area contributed by atoms with Crippen LogP contribution in [-0.2, 0) is 9.59 Å². The van der Waals surface area contributed by atoms with Gasteiger partial charge in [0.15, 0.2) is 0 Å². The summed E-state index contributed by atoms with van der Waals surface area (Å²) in [5.41, 5.74) is -2.11. The average molecular weight is 330 g/mol. The number of hydrogen-bond donors (Lipinski definition) is 2. The molecule has 19 heavy (non-hydrogen) atoms. The summed E-state index contributed by atoms with van der Waals surface area (Å²) in [7, 11) is 1.15. The van der Waals surface area contributed by atoms with E-state index in [2.05, 4.69) is 15.9 Å². The summed E-state index contributed by atoms with van der Waals surface area (Å²) < 4.78 is 0.755. The molecule has 0 heterocycles. The lowest BCUT2D eigenvalue weighted by molar-refractivity contribution is -0.163. The molecule has 0 radical (unpaired) electrons. The maximum absolute atomic E-state index is 12.1. The number of amides is 1. The van der Waals surface area contributed by atoms with Crippen LogP contribution < -0.4 is 0 Å². The number of benzene rings is 1. The van der Waals surface area contributed by atoms with Crippen LogP contribution in [0.4, 0.5) is 0 Å². The Morgan fingerprint density at radius 3 is 1.89 bits per heavy atom. The first kappa shape index (κ1) is 15.2. The number of nitrogens with zero attached hydrogens (tertiary/aromatic N) is 1. The van der Waals surface area contributed by atoms with E-state index in [1.165, 1.54) is 12.1 Å². The summed E-state index contributed by atoms with van der Waals surface area (Å²) in [6, 6.07) is 6.18. The number of carboxylic acid groups (broad SMARTS) is 2. The molecule has 0 aromatic heterocycles. The Kier molecular flexibility index (Phi) is 4.31. The van der Waals surface area contributed by atoms with Crippen molar-refractivity contribution in [2.24, 2.45) is 0 Å². The van der Waals surface area contributed by atoms with E-state index < -0.39 is 23.4 Å². The minimum Gasteiger partial charge on any atom is -0.479 e. The molecule has 1 aromatic carbocycles. The lowest BCUT2D eigenvalue weighted by atomic mass is 10.00. The standard InChI is InChI=1S/C12H12BrNO5/c1-12(10(16)17,11(18)19)14(2)9(15)7-3-5-8(13)6-4-7/h3-6H,1-2H3,(H,16,17)(H,18,19). The number of aliphatic carboxylic acids is 2. The molecule has 1 aromatic rings. The average Bonchev–Trinajstić information content (AvgIpc) is 2.36. The fourth-order valence-electron chi connectivity index (χ4n) is 1.37. The Labute approximate surface area is 117 Å². The normalized spacial score (nSPS) is 10.9. The van der Waals surface area contributed by atoms with Crippen LogP contribution in [0.2, 0.25) is 0 Å². The van der Waals surface area contributed by atoms with Crippen LogP contribution in [-0.4, -0.2) is 45.5 Å². The molecule has 1 rings (SSSR count). The monoisotopic (exact) mass is 329 g/mol. The van der Waals surface area contributed by atoms with E-state index in [9.17, 15) is 14.4 Å². The minimum atomic E-state index is -2.32. The van der Waals surface area contributed by atoms with E-state index in [0.29, 0.717) is 4.90 Å². The third kappa shape index (κ3) is 2.76. The maximum Gasteiger partial charge on any atom is 0.341 e. The number of carboxylic acids is 2. The van der Waals surface area contributed by atoms with Crippen LogP contribution in [0.3, 0.4) is 0 Å². The van der Waals surface area contributed by atoms with Crippen molar-refractivity contribution >= 4 is 33.8 Å². The number of halogens is 1. The van der Waals surface area contributed by atoms with Gasteiger partial charge in [-0.15, -0.1) is 0 Å². The van der Waals surface area contributed by atoms with Gasteiger partial charge in [0, 0.05) is 17.1 Å². The van der Waals surface area contributed by atoms with Gasteiger partial charge < -0.3 is 15.1 Å². The summed E-state index contributed by atoms with van der Waals surface area (Å²) in [6.45, 7) is 0.967. The molecule has 0 aliphatic rings. The van der Waals surface area contributed by atoms with Crippen LogP contribution in [0, 0.1) is 0 Å². The smallest absolute Gasteiger partial charge is 0.341 e. The molecule has 7 heteroatoms. The third-order valence-electron chi connectivity index (χ3n) is 2.90. The van der Waals surface area contributed by atoms with Gasteiger partial charge >= 0.3 is 11.9 Å². The van der Waals surface area contributed by atoms with Crippen LogP contribution in [0.1, 0.15) is 17.3 Å². The highest BCUT2D eigenvalue weighted by atomic mass is 79.9. The van der Waals surface area contributed by atoms with Gasteiger partial charge in [-0.1, -0.05) is 15.9 Å². The lowest BCUT2D eigenvalue weighted by Crippen LogP contribution is -2.58. The second-order valence-corrected chi connectivity index (χ2v) is 4.97. The Hall–Kier alpha value is -1.89. The molecule has 0 unspecified atom stereocenters. The van der Waals surface area contributed by atoms with E-state index in [1.54, 1.807) is 12.1 Å². The van der Waals surface area contributed by atoms with E-state index in [1.807, 2.05) is 0 Å². The minimum absolute atomic E-state index is 0.208. The summed E-state index contributed by atoms with van der Waals surface area (Å²) in [5, 5.41) is 18.1. The van der Waals surface area contributed by atoms with E-state index >= 15 is 0 Å². The predicted molar refractivity (Wildman–Crippen MR) is 69.9 cm³/mol. The number of carbonyl (C=O) groups is 3. The van der Waals surface area contributed by atoms with Crippen molar-refractivity contribution in [2.75, 3.05) is 7.05 Å². The molecule has 0 fully saturated rings. The molecule has 0 saturated carbocycles. The summed E-state index contributed by atoms with van der Waals surface area (Å²) in [4.78, 5) is 35.0. The van der Waals surface area contributed by atoms with E-state index in [0.717, 1.165) is 18.4 Å². The largest absolute Gasteiger partial charge is 0.479 e. The van der Waals surface area contributed by atoms with Crippen molar-refractivity contribution in [1.29, 1.82) is 0 Å². The second-order valence-electron chi connectivity index (χ2n) is 4.05. The van der Waals surface area contributed by atoms with Gasteiger partial charge in [-0.3, -0.25) is 4.79 Å². The highest BCUT2D eigenvalue weighted by Crippen LogP contribution is 2.19. The van der Waals surface area contributed by atoms with Gasteiger partial charge in [0.1, 0.15) is 0 Å². The van der Waals surface area contributed by atoms with Crippen LogP contribution >= 0.6 is 15.9 Å². The molecule has 0 spiro atoms. The lowest BCUT2D eigenvalue weighted by Gasteiger charge is -2.31. The van der Waals surface area contributed by atoms with E-state index in [-0.39, 0.29) is 5.56 Å². The maximum atomic E-state index is 12.1. The Balaban J connectivity index is 3.14. The van der Waals surface area contributed by atoms with Crippen LogP contribution in [0.25, 0.3) is 0 Å². The number of hydrogen-bond acceptors (Lipinski definition) is 3. The zero-order chi connectivity index (χ0) is 14.8. The number of likely N-dealkylation sites (N-methyl/N-ethyl adjacent to an activating group) is 1. The van der Waals surface area contributed by atoms with Crippen molar-refractivity contribution in [3.05, 3.63) is 34.3 Å². The van der Waals surface area contributed by atoms with Gasteiger partial charge in [0.2, 0.25) is 5.54 Å². The summed E-state index contributed by atoms with van der Waals surface area (Å²) in [5.74, 6) is -3.89. The summed E-state index contributed by atoms with van der Waals surface area (Å²) >= 11 is 3.20. The SMILES string of the molecule is CN(C(=O)c1ccc(Br)cc1)C(C)(C(=O)O)C(=O)O. The molecule has 102 valence electrons. The molecular weight excluding hydrogens is 318 g/mol. The fraction of sp³-hybridized carbons (Fsp3) is 0.250. The molecule has 0 atom stereocenters. The van der Waals surface area contributed by atoms with Gasteiger partial charge in [-0.2, -0.15) is 0 Å². The first-order valence-corrected chi connectivity index (χ1v) is 6.01. The first-order chi connectivity index (χ1) is 8.71. The summed E-state index contributed by atoms with van der Waals surface area (Å²) in [6.07, 6.45) is 0. The van der Waals surface area contributed by atoms with Crippen molar-refractivity contribution in [1.82, 2.24) is 4.90 Å². The molecule has 0 bridgehead atoms. The Morgan fingerprint density at radius 2 is 1.53 bits per heavy atom. The molecule has 0 aliphatic carbocycles. The quantitative estimate of drug-likeness (QED) is 0.815. The topological polar surface area (TPSA) is 94.9 Å². The van der Waals surface area contributed by atoms with Crippen molar-refractivity contribution in [3.63, 3.8) is 0 Å². The zero-order valence-electron chi connectivity index (χ0n) is 10.3. The van der Waals surface area contributed by atoms with Crippen LogP contribution in [0.5, 0.6) is 0 Å². The highest BCUT2D eigenvalue weighted by molar-refractivity contribution is 9.10. The second kappa shape index (κ2) is 5.40. The number of carbonyl (C=O) groups excluding carboxylic acids is 1. The van der Waals surface area contributed by atoms with Gasteiger partial charge in [-0.05, 0) is 31.2 Å². The Bertz CT molecular complexity index is 511. The van der Waals surface area contributed by atoms with E-state index in [4.69, 9.17) is 10.2 Å². The molecule has 1 amide bonds. The van der Waals surface area contributed by atoms with Crippen molar-refractivity contribution < 1.29 is 24.6 Å². The van der Waals surface area contributed by atoms with Crippen molar-refractivity contribution in [3.8, 4) is 0 Å². The Morgan fingerprint density at radius 1 is 1.11 bits per heavy atom. The zero-order valence-corrected chi connectivity index (χ0v) is 11.8. The molecule has 6 nitrogen and oxygen atoms in total. The number of rotatable bonds is 4. The molecule has 0 aliphatic heterocycles. The first-order valence-electron chi connectivity index (χ1n) is 5.21. The van der Waals surface area contributed by atoms with Gasteiger partial charge in [0.05, 0.1) is 0 Å². The highest BCUT2D eigenvalue weighted by Gasteiger charge is 2.48. The van der Waals surface area contributed by atoms with Crippen LogP contribution in [0.15, 0.2) is 28.7 Å². The van der Waals surface area contributed by atoms with Gasteiger partial charge in [-0.25, -0.2) is 9.59 Å². The molecular formula is C12H12BrNO5.